The lowest BCUT2D eigenvalue weighted by atomic mass is 10.0. The molecule has 3 aliphatic rings. The first-order valence-corrected chi connectivity index (χ1v) is 12.9. The minimum absolute atomic E-state index is 0.161. The Hall–Kier alpha value is -4.07. The van der Waals surface area contributed by atoms with Gasteiger partial charge in [-0.2, -0.15) is 0 Å². The number of anilines is 1. The molecule has 3 heterocycles. The maximum Gasteiger partial charge on any atom is 0.352 e. The Morgan fingerprint density at radius 3 is 2.55 bits per heavy atom. The van der Waals surface area contributed by atoms with Gasteiger partial charge in [0.1, 0.15) is 23.7 Å². The first-order valence-electron chi connectivity index (χ1n) is 11.9. The number of carbonyl (C=O) groups is 6. The van der Waals surface area contributed by atoms with Crippen LogP contribution in [0.15, 0.2) is 35.5 Å². The molecule has 1 aromatic carbocycles. The van der Waals surface area contributed by atoms with Gasteiger partial charge in [-0.1, -0.05) is 18.2 Å². The van der Waals surface area contributed by atoms with Crippen molar-refractivity contribution in [3.05, 3.63) is 41.1 Å². The third-order valence-electron chi connectivity index (χ3n) is 6.35. The molecule has 13 nitrogen and oxygen atoms in total. The van der Waals surface area contributed by atoms with Crippen molar-refractivity contribution < 1.29 is 38.6 Å². The van der Waals surface area contributed by atoms with E-state index in [0.717, 1.165) is 9.80 Å². The van der Waals surface area contributed by atoms with E-state index in [4.69, 9.17) is 4.74 Å². The summed E-state index contributed by atoms with van der Waals surface area (Å²) in [6.07, 6.45) is -0.161. The fourth-order valence-electron chi connectivity index (χ4n) is 4.42. The number of imide groups is 1. The van der Waals surface area contributed by atoms with Gasteiger partial charge < -0.3 is 25.4 Å². The van der Waals surface area contributed by atoms with E-state index in [1.165, 1.54) is 18.7 Å². The number of carbonyl (C=O) groups excluding carboxylic acids is 5. The Bertz CT molecular complexity index is 1230. The predicted octanol–water partition coefficient (Wildman–Crippen LogP) is 0.820. The number of thioether (sulfide) groups is 1. The summed E-state index contributed by atoms with van der Waals surface area (Å²) in [5, 5.41) is 14.4. The van der Waals surface area contributed by atoms with Crippen LogP contribution in [0.5, 0.6) is 0 Å². The molecular formula is C24H27N5O8S. The molecule has 202 valence electrons. The lowest BCUT2D eigenvalue weighted by molar-refractivity contribution is -0.151. The second-order valence-electron chi connectivity index (χ2n) is 8.77. The quantitative estimate of drug-likeness (QED) is 0.317. The molecule has 3 aliphatic heterocycles. The molecule has 38 heavy (non-hydrogen) atoms. The van der Waals surface area contributed by atoms with E-state index in [-0.39, 0.29) is 37.1 Å². The Kier molecular flexibility index (Phi) is 7.90. The molecule has 2 saturated heterocycles. The van der Waals surface area contributed by atoms with Gasteiger partial charge in [-0.15, -0.1) is 11.8 Å². The zero-order valence-corrected chi connectivity index (χ0v) is 21.6. The van der Waals surface area contributed by atoms with Gasteiger partial charge in [-0.05, 0) is 18.6 Å². The molecule has 1 unspecified atom stereocenters. The van der Waals surface area contributed by atoms with E-state index in [1.54, 1.807) is 29.2 Å². The van der Waals surface area contributed by atoms with Crippen LogP contribution in [0.2, 0.25) is 0 Å². The maximum atomic E-state index is 12.9. The number of aliphatic carboxylic acids is 1. The SMILES string of the molecule is CCN1CCN(C(=O)Nc2ccccc2CC(=O)NC2C(=O)N3C(C(=O)O)=C(COC(C)=O)CS[C@H]23)C1=O. The van der Waals surface area contributed by atoms with Gasteiger partial charge in [-0.3, -0.25) is 19.3 Å². The number of urea groups is 2. The van der Waals surface area contributed by atoms with Crippen molar-refractivity contribution in [1.29, 1.82) is 0 Å². The van der Waals surface area contributed by atoms with Crippen LogP contribution in [0.4, 0.5) is 15.3 Å². The first-order chi connectivity index (χ1) is 18.1. The Morgan fingerprint density at radius 1 is 1.16 bits per heavy atom. The van der Waals surface area contributed by atoms with E-state index in [0.29, 0.717) is 29.9 Å². The van der Waals surface area contributed by atoms with Gasteiger partial charge in [-0.25, -0.2) is 19.3 Å². The van der Waals surface area contributed by atoms with Gasteiger partial charge >= 0.3 is 24.0 Å². The number of fused-ring (bicyclic) bond motifs is 1. The number of benzene rings is 1. The van der Waals surface area contributed by atoms with Crippen LogP contribution in [-0.4, -0.2) is 99.0 Å². The standard InChI is InChI=1S/C24H27N5O8S/c1-3-27-8-9-28(24(27)36)23(35)25-16-7-5-4-6-14(16)10-17(31)26-18-20(32)29-19(22(33)34)15(11-37-13(2)30)12-38-21(18)29/h4-7,18,21H,3,8-12H2,1-2H3,(H,25,35)(H,26,31)(H,33,34)/t18?,21-/m1/s1. The van der Waals surface area contributed by atoms with E-state index in [1.807, 2.05) is 6.92 Å². The van der Waals surface area contributed by atoms with Gasteiger partial charge in [0.15, 0.2) is 0 Å². The number of carboxylic acid groups (broad SMARTS) is 1. The molecule has 1 aromatic rings. The summed E-state index contributed by atoms with van der Waals surface area (Å²) in [6.45, 7) is 3.99. The van der Waals surface area contributed by atoms with Crippen LogP contribution >= 0.6 is 11.8 Å². The van der Waals surface area contributed by atoms with Crippen LogP contribution < -0.4 is 10.6 Å². The minimum atomic E-state index is -1.32. The maximum absolute atomic E-state index is 12.9. The average molecular weight is 546 g/mol. The molecule has 2 fully saturated rings. The fourth-order valence-corrected chi connectivity index (χ4v) is 5.75. The summed E-state index contributed by atoms with van der Waals surface area (Å²) < 4.78 is 4.92. The van der Waals surface area contributed by atoms with Gasteiger partial charge in [0.2, 0.25) is 5.91 Å². The number of ether oxygens (including phenoxy) is 1. The molecule has 0 saturated carbocycles. The number of hydrogen-bond acceptors (Lipinski definition) is 8. The van der Waals surface area contributed by atoms with Crippen LogP contribution in [0.25, 0.3) is 0 Å². The van der Waals surface area contributed by atoms with E-state index >= 15 is 0 Å². The molecule has 0 radical (unpaired) electrons. The highest BCUT2D eigenvalue weighted by molar-refractivity contribution is 8.00. The Balaban J connectivity index is 1.40. The van der Waals surface area contributed by atoms with Crippen molar-refractivity contribution in [2.75, 3.05) is 37.3 Å². The number of β-lactam (4-membered cyclic amide) rings is 1. The average Bonchev–Trinajstić information content (AvgIpc) is 3.26. The molecule has 6 amide bonds. The second-order valence-corrected chi connectivity index (χ2v) is 9.88. The molecule has 4 rings (SSSR count). The lowest BCUT2D eigenvalue weighted by Gasteiger charge is -2.49. The largest absolute Gasteiger partial charge is 0.477 e. The summed E-state index contributed by atoms with van der Waals surface area (Å²) in [4.78, 5) is 77.4. The number of esters is 1. The number of amides is 6. The summed E-state index contributed by atoms with van der Waals surface area (Å²) in [5.74, 6) is -2.75. The van der Waals surface area contributed by atoms with Gasteiger partial charge in [0.05, 0.1) is 6.42 Å². The van der Waals surface area contributed by atoms with Crippen LogP contribution in [-0.2, 0) is 30.3 Å². The lowest BCUT2D eigenvalue weighted by Crippen LogP contribution is -2.70. The molecule has 0 aromatic heterocycles. The van der Waals surface area contributed by atoms with Gasteiger partial charge in [0, 0.05) is 43.6 Å². The summed E-state index contributed by atoms with van der Waals surface area (Å²) in [7, 11) is 0. The normalized spacial score (nSPS) is 20.6. The highest BCUT2D eigenvalue weighted by Gasteiger charge is 2.54. The summed E-state index contributed by atoms with van der Waals surface area (Å²) in [5.41, 5.74) is 0.897. The van der Waals surface area contributed by atoms with Gasteiger partial charge in [0.25, 0.3) is 5.91 Å². The zero-order chi connectivity index (χ0) is 27.6. The number of nitrogens with one attached hydrogen (secondary N) is 2. The third kappa shape index (κ3) is 5.30. The van der Waals surface area contributed by atoms with E-state index in [2.05, 4.69) is 10.6 Å². The van der Waals surface area contributed by atoms with Crippen LogP contribution in [0, 0.1) is 0 Å². The molecular weight excluding hydrogens is 518 g/mol. The monoisotopic (exact) mass is 545 g/mol. The van der Waals surface area contributed by atoms with E-state index < -0.39 is 41.2 Å². The Morgan fingerprint density at radius 2 is 1.89 bits per heavy atom. The van der Waals surface area contributed by atoms with E-state index in [9.17, 15) is 33.9 Å². The molecule has 3 N–H and O–H groups in total. The number of para-hydroxylation sites is 1. The Labute approximate surface area is 222 Å². The number of carboxylic acids is 1. The van der Waals surface area contributed by atoms with Crippen molar-refractivity contribution in [2.45, 2.75) is 31.7 Å². The molecule has 2 atom stereocenters. The highest BCUT2D eigenvalue weighted by atomic mass is 32.2. The number of hydrogen-bond donors (Lipinski definition) is 3. The van der Waals surface area contributed by atoms with Crippen molar-refractivity contribution in [3.63, 3.8) is 0 Å². The summed E-state index contributed by atoms with van der Waals surface area (Å²) >= 11 is 1.26. The fraction of sp³-hybridized carbons (Fsp3) is 0.417. The molecule has 0 bridgehead atoms. The number of nitrogens with zero attached hydrogens (tertiary/aromatic N) is 3. The number of rotatable bonds is 8. The number of likely N-dealkylation sites (N-methyl/N-ethyl adjacent to an activating group) is 1. The van der Waals surface area contributed by atoms with Crippen molar-refractivity contribution in [2.24, 2.45) is 0 Å². The van der Waals surface area contributed by atoms with Crippen LogP contribution in [0.1, 0.15) is 19.4 Å². The smallest absolute Gasteiger partial charge is 0.352 e. The molecule has 14 heteroatoms. The zero-order valence-electron chi connectivity index (χ0n) is 20.8. The molecule has 0 spiro atoms. The summed E-state index contributed by atoms with van der Waals surface area (Å²) in [6, 6.07) is 4.72. The van der Waals surface area contributed by atoms with Crippen molar-refractivity contribution in [3.8, 4) is 0 Å². The highest BCUT2D eigenvalue weighted by Crippen LogP contribution is 2.40. The topological polar surface area (TPSA) is 166 Å². The molecule has 0 aliphatic carbocycles. The van der Waals surface area contributed by atoms with Crippen molar-refractivity contribution >= 4 is 53.3 Å². The second kappa shape index (κ2) is 11.1. The first kappa shape index (κ1) is 27.0. The van der Waals surface area contributed by atoms with Crippen molar-refractivity contribution in [1.82, 2.24) is 20.0 Å². The predicted molar refractivity (Wildman–Crippen MR) is 135 cm³/mol. The third-order valence-corrected chi connectivity index (χ3v) is 7.69. The van der Waals surface area contributed by atoms with Crippen LogP contribution in [0.3, 0.4) is 0 Å². The minimum Gasteiger partial charge on any atom is -0.477 e.